The summed E-state index contributed by atoms with van der Waals surface area (Å²) in [6, 6.07) is -1.40. The third-order valence-corrected chi connectivity index (χ3v) is 1.69. The van der Waals surface area contributed by atoms with Crippen LogP contribution < -0.4 is 17.2 Å². The molecule has 20 heavy (non-hydrogen) atoms. The topological polar surface area (TPSA) is 222 Å². The molecule has 0 saturated heterocycles. The number of hydrogen-bond acceptors (Lipinski definition) is 6. The Bertz CT molecular complexity index is 334. The fourth-order valence-corrected chi connectivity index (χ4v) is 1.03. The molecule has 0 heterocycles. The van der Waals surface area contributed by atoms with Gasteiger partial charge in [0, 0.05) is 17.1 Å². The van der Waals surface area contributed by atoms with Crippen molar-refractivity contribution in [3.05, 3.63) is 0 Å². The average Bonchev–Trinajstić information content (AvgIpc) is 2.14. The Labute approximate surface area is 124 Å². The minimum absolute atomic E-state index is 0. The maximum Gasteiger partial charge on any atom is 0.402 e. The quantitative estimate of drug-likeness (QED) is 0.281. The van der Waals surface area contributed by atoms with Gasteiger partial charge in [-0.2, -0.15) is 0 Å². The maximum absolute atomic E-state index is 10.6. The summed E-state index contributed by atoms with van der Waals surface area (Å²) in [6.45, 7) is 0. The first kappa shape index (κ1) is 26.6. The molecule has 0 aliphatic rings. The van der Waals surface area contributed by atoms with Crippen molar-refractivity contribution >= 4 is 24.0 Å². The van der Waals surface area contributed by atoms with Crippen LogP contribution >= 0.6 is 0 Å². The minimum Gasteiger partial charge on any atom is -0.481 e. The van der Waals surface area contributed by atoms with Gasteiger partial charge in [-0.05, 0) is 7.05 Å². The molecule has 0 aromatic heterocycles. The van der Waals surface area contributed by atoms with Crippen molar-refractivity contribution in [2.45, 2.75) is 12.5 Å². The molecule has 0 bridgehead atoms. The summed E-state index contributed by atoms with van der Waals surface area (Å²) < 4.78 is 0. The molecule has 0 fully saturated rings. The second kappa shape index (κ2) is 13.5. The van der Waals surface area contributed by atoms with Gasteiger partial charge < -0.3 is 37.6 Å². The third kappa shape index (κ3) is 14.2. The van der Waals surface area contributed by atoms with E-state index in [0.717, 1.165) is 0 Å². The normalized spacial score (nSPS) is 11.2. The van der Waals surface area contributed by atoms with Gasteiger partial charge in [0.15, 0.2) is 0 Å². The number of likely N-dealkylation sites (N-methyl/N-ethyl adjacent to an activating group) is 1. The first-order valence-corrected chi connectivity index (χ1v) is 4.46. The van der Waals surface area contributed by atoms with Crippen LogP contribution in [0.4, 0.5) is 4.79 Å². The molecule has 10 N–H and O–H groups in total. The number of rotatable bonds is 6. The van der Waals surface area contributed by atoms with Gasteiger partial charge in [-0.25, -0.2) is 4.79 Å². The zero-order valence-corrected chi connectivity index (χ0v) is 11.5. The zero-order chi connectivity index (χ0) is 14.9. The van der Waals surface area contributed by atoms with E-state index in [9.17, 15) is 14.4 Å². The van der Waals surface area contributed by atoms with Crippen LogP contribution in [0.2, 0.25) is 0 Å². The van der Waals surface area contributed by atoms with Gasteiger partial charge in [-0.15, -0.1) is 0 Å². The fraction of sp³-hybridized carbons (Fsp3) is 0.500. The molecule has 1 amide bonds. The zero-order valence-electron chi connectivity index (χ0n) is 10.4. The van der Waals surface area contributed by atoms with E-state index in [4.69, 9.17) is 25.2 Å². The predicted molar refractivity (Wildman–Crippen MR) is 61.1 cm³/mol. The van der Waals surface area contributed by atoms with Crippen LogP contribution in [-0.4, -0.2) is 57.5 Å². The minimum atomic E-state index is -1.48. The van der Waals surface area contributed by atoms with Crippen LogP contribution in [0.1, 0.15) is 6.42 Å². The van der Waals surface area contributed by atoms with Crippen LogP contribution in [0.15, 0.2) is 0 Å². The Morgan fingerprint density at radius 2 is 1.40 bits per heavy atom. The summed E-state index contributed by atoms with van der Waals surface area (Å²) in [5.74, 6) is -5.66. The van der Waals surface area contributed by atoms with E-state index in [-0.39, 0.29) is 23.2 Å². The molecule has 2 atom stereocenters. The second-order valence-electron chi connectivity index (χ2n) is 2.99. The Morgan fingerprint density at radius 3 is 1.55 bits per heavy atom. The number of carbonyl (C=O) groups is 4. The van der Waals surface area contributed by atoms with Crippen LogP contribution in [0.5, 0.6) is 0 Å². The summed E-state index contributed by atoms with van der Waals surface area (Å²) in [6.07, 6.45) is -2.06. The van der Waals surface area contributed by atoms with Crippen LogP contribution in [0.25, 0.3) is 0 Å². The van der Waals surface area contributed by atoms with Crippen molar-refractivity contribution in [2.75, 3.05) is 7.05 Å². The number of carboxylic acid groups (broad SMARTS) is 4. The van der Waals surface area contributed by atoms with Gasteiger partial charge in [-0.1, -0.05) is 0 Å². The van der Waals surface area contributed by atoms with Crippen LogP contribution in [0.3, 0.4) is 0 Å². The third-order valence-electron chi connectivity index (χ3n) is 1.69. The van der Waals surface area contributed by atoms with Crippen molar-refractivity contribution in [1.82, 2.24) is 11.5 Å². The number of aliphatic carboxylic acids is 3. The van der Waals surface area contributed by atoms with E-state index in [1.165, 1.54) is 7.05 Å². The molecule has 11 nitrogen and oxygen atoms in total. The maximum atomic E-state index is 10.6. The number of amides is 1. The molecular formula is C8H17FeN3O8. The van der Waals surface area contributed by atoms with E-state index >= 15 is 0 Å². The molecule has 12 heteroatoms. The van der Waals surface area contributed by atoms with Gasteiger partial charge in [0.2, 0.25) is 0 Å². The summed E-state index contributed by atoms with van der Waals surface area (Å²) in [7, 11) is 1.26. The SMILES string of the molecule is CNC(C(=O)O)C(CC(=O)O)C(=O)O.N.NC(=O)O.[Fe]. The fourth-order valence-electron chi connectivity index (χ4n) is 1.03. The number of nitrogens with one attached hydrogen (secondary N) is 1. The summed E-state index contributed by atoms with van der Waals surface area (Å²) in [5.41, 5.74) is 4.03. The Balaban J connectivity index is -0.000000188. The van der Waals surface area contributed by atoms with Crippen molar-refractivity contribution in [3.63, 3.8) is 0 Å². The van der Waals surface area contributed by atoms with Crippen molar-refractivity contribution < 1.29 is 56.7 Å². The Morgan fingerprint density at radius 1 is 1.05 bits per heavy atom. The largest absolute Gasteiger partial charge is 0.481 e. The standard InChI is InChI=1S/C7H11NO6.CH3NO2.Fe.H3N/c1-8-5(7(13)14)3(6(11)12)2-4(9)10;2-1(3)4;;/h3,5,8H,2H2,1H3,(H,9,10)(H,11,12)(H,13,14);2H2,(H,3,4);;1H3. The van der Waals surface area contributed by atoms with Gasteiger partial charge in [0.1, 0.15) is 6.04 Å². The number of primary amides is 1. The predicted octanol–water partition coefficient (Wildman–Crippen LogP) is -1.38. The molecule has 0 aromatic carbocycles. The van der Waals surface area contributed by atoms with Crippen LogP contribution in [0, 0.1) is 5.92 Å². The molecule has 0 aliphatic carbocycles. The number of carboxylic acids is 3. The molecular weight excluding hydrogens is 322 g/mol. The van der Waals surface area contributed by atoms with E-state index in [2.05, 4.69) is 11.1 Å². The monoisotopic (exact) mass is 339 g/mol. The molecule has 2 unspecified atom stereocenters. The molecule has 0 aliphatic heterocycles. The van der Waals surface area contributed by atoms with Crippen molar-refractivity contribution in [3.8, 4) is 0 Å². The summed E-state index contributed by atoms with van der Waals surface area (Å²) >= 11 is 0. The average molecular weight is 339 g/mol. The van der Waals surface area contributed by atoms with Gasteiger partial charge in [0.05, 0.1) is 12.3 Å². The molecule has 0 aromatic rings. The second-order valence-corrected chi connectivity index (χ2v) is 2.99. The molecule has 0 rings (SSSR count). The first-order chi connectivity index (χ1) is 8.13. The van der Waals surface area contributed by atoms with E-state index in [1.54, 1.807) is 0 Å². The van der Waals surface area contributed by atoms with E-state index in [1.807, 2.05) is 0 Å². The molecule has 0 radical (unpaired) electrons. The Hall–Kier alpha value is -1.88. The smallest absolute Gasteiger partial charge is 0.402 e. The first-order valence-electron chi connectivity index (χ1n) is 4.46. The molecule has 0 saturated carbocycles. The number of hydrogen-bond donors (Lipinski definition) is 7. The Kier molecular flexibility index (Phi) is 18.0. The van der Waals surface area contributed by atoms with Crippen LogP contribution in [-0.2, 0) is 31.5 Å². The van der Waals surface area contributed by atoms with E-state index in [0.29, 0.717) is 0 Å². The number of nitrogens with two attached hydrogens (primary N) is 1. The van der Waals surface area contributed by atoms with Gasteiger partial charge >= 0.3 is 24.0 Å². The van der Waals surface area contributed by atoms with Gasteiger partial charge in [-0.3, -0.25) is 14.4 Å². The van der Waals surface area contributed by atoms with Gasteiger partial charge in [0.25, 0.3) is 0 Å². The van der Waals surface area contributed by atoms with E-state index < -0.39 is 42.4 Å². The van der Waals surface area contributed by atoms with Crippen molar-refractivity contribution in [2.24, 2.45) is 11.7 Å². The molecule has 120 valence electrons. The van der Waals surface area contributed by atoms with Crippen molar-refractivity contribution in [1.29, 1.82) is 0 Å². The summed E-state index contributed by atoms with van der Waals surface area (Å²) in [5, 5.41) is 35.0. The molecule has 0 spiro atoms. The summed E-state index contributed by atoms with van der Waals surface area (Å²) in [4.78, 5) is 40.2.